The second-order valence-electron chi connectivity index (χ2n) is 8.08. The molecule has 0 aliphatic rings. The van der Waals surface area contributed by atoms with Crippen LogP contribution in [0.2, 0.25) is 10.0 Å². The lowest BCUT2D eigenvalue weighted by atomic mass is 10.0. The van der Waals surface area contributed by atoms with Crippen LogP contribution in [0.15, 0.2) is 77.3 Å². The van der Waals surface area contributed by atoms with Gasteiger partial charge in [0.1, 0.15) is 11.3 Å². The predicted octanol–water partition coefficient (Wildman–Crippen LogP) is 7.53. The highest BCUT2D eigenvalue weighted by Crippen LogP contribution is 2.37. The Labute approximate surface area is 215 Å². The number of nitrogens with zero attached hydrogens (tertiary/aromatic N) is 2. The number of anilines is 2. The number of hydrogen-bond acceptors (Lipinski definition) is 4. The summed E-state index contributed by atoms with van der Waals surface area (Å²) in [5, 5.41) is 8.02. The molecule has 4 aromatic rings. The van der Waals surface area contributed by atoms with E-state index in [0.717, 1.165) is 24.3 Å². The van der Waals surface area contributed by atoms with Gasteiger partial charge in [-0.2, -0.15) is 0 Å². The molecular formula is C28H27Cl2N3O2. The molecule has 0 radical (unpaired) electrons. The third kappa shape index (κ3) is 5.69. The lowest BCUT2D eigenvalue weighted by Crippen LogP contribution is -2.21. The molecule has 4 rings (SSSR count). The molecule has 0 saturated carbocycles. The van der Waals surface area contributed by atoms with Crippen LogP contribution in [0.4, 0.5) is 11.4 Å². The van der Waals surface area contributed by atoms with Crippen molar-refractivity contribution in [2.24, 2.45) is 0 Å². The summed E-state index contributed by atoms with van der Waals surface area (Å²) in [6.07, 6.45) is 1.20. The zero-order chi connectivity index (χ0) is 24.8. The molecule has 0 fully saturated rings. The fraction of sp³-hybridized carbons (Fsp3) is 0.214. The van der Waals surface area contributed by atoms with E-state index in [2.05, 4.69) is 29.2 Å². The van der Waals surface area contributed by atoms with E-state index < -0.39 is 0 Å². The van der Waals surface area contributed by atoms with Gasteiger partial charge in [-0.1, -0.05) is 64.8 Å². The average Bonchev–Trinajstić information content (AvgIpc) is 3.28. The van der Waals surface area contributed by atoms with Crippen molar-refractivity contribution in [1.29, 1.82) is 0 Å². The number of rotatable bonds is 9. The van der Waals surface area contributed by atoms with E-state index >= 15 is 0 Å². The quantitative estimate of drug-likeness (QED) is 0.254. The third-order valence-corrected chi connectivity index (χ3v) is 6.56. The van der Waals surface area contributed by atoms with E-state index in [1.54, 1.807) is 18.2 Å². The Hall–Kier alpha value is -3.28. The summed E-state index contributed by atoms with van der Waals surface area (Å²) in [6, 6.07) is 23.0. The summed E-state index contributed by atoms with van der Waals surface area (Å²) in [5.41, 5.74) is 4.07. The number of aromatic nitrogens is 1. The van der Waals surface area contributed by atoms with Crippen LogP contribution in [0.1, 0.15) is 35.5 Å². The number of carbonyl (C=O) groups is 1. The Bertz CT molecular complexity index is 1260. The van der Waals surface area contributed by atoms with Crippen LogP contribution in [0.5, 0.6) is 0 Å². The first-order valence-corrected chi connectivity index (χ1v) is 12.4. The Morgan fingerprint density at radius 3 is 2.17 bits per heavy atom. The number of hydrogen-bond donors (Lipinski definition) is 1. The molecule has 180 valence electrons. The molecule has 0 aliphatic heterocycles. The van der Waals surface area contributed by atoms with Crippen LogP contribution < -0.4 is 10.2 Å². The molecule has 1 amide bonds. The SMILES string of the molecule is CCN(CC)c1ccc(NC(=O)c2c(-c3c(Cl)cccc3Cl)noc2CCc2ccccc2)cc1. The van der Waals surface area contributed by atoms with Gasteiger partial charge in [-0.05, 0) is 62.2 Å². The van der Waals surface area contributed by atoms with Crippen LogP contribution >= 0.6 is 23.2 Å². The highest BCUT2D eigenvalue weighted by molar-refractivity contribution is 6.39. The van der Waals surface area contributed by atoms with E-state index in [4.69, 9.17) is 27.7 Å². The molecule has 0 atom stereocenters. The van der Waals surface area contributed by atoms with E-state index in [-0.39, 0.29) is 5.91 Å². The summed E-state index contributed by atoms with van der Waals surface area (Å²) < 4.78 is 5.69. The maximum absolute atomic E-state index is 13.5. The fourth-order valence-corrected chi connectivity index (χ4v) is 4.64. The van der Waals surface area contributed by atoms with Crippen LogP contribution in [0, 0.1) is 0 Å². The first kappa shape index (κ1) is 24.8. The number of halogens is 2. The van der Waals surface area contributed by atoms with Gasteiger partial charge in [-0.15, -0.1) is 0 Å². The summed E-state index contributed by atoms with van der Waals surface area (Å²) in [7, 11) is 0. The molecule has 7 heteroatoms. The van der Waals surface area contributed by atoms with Crippen LogP contribution in [0.25, 0.3) is 11.3 Å². The first-order valence-electron chi connectivity index (χ1n) is 11.6. The number of nitrogens with one attached hydrogen (secondary N) is 1. The van der Waals surface area contributed by atoms with Crippen LogP contribution in [-0.2, 0) is 12.8 Å². The number of amides is 1. The molecule has 35 heavy (non-hydrogen) atoms. The number of aryl methyl sites for hydroxylation is 2. The lowest BCUT2D eigenvalue weighted by molar-refractivity contribution is 0.102. The van der Waals surface area contributed by atoms with Gasteiger partial charge in [-0.25, -0.2) is 0 Å². The summed E-state index contributed by atoms with van der Waals surface area (Å²) in [5.74, 6) is 0.160. The molecule has 3 aromatic carbocycles. The molecule has 1 heterocycles. The van der Waals surface area contributed by atoms with Crippen LogP contribution in [-0.4, -0.2) is 24.2 Å². The largest absolute Gasteiger partial charge is 0.372 e. The van der Waals surface area contributed by atoms with Crippen molar-refractivity contribution in [3.63, 3.8) is 0 Å². The number of carbonyl (C=O) groups excluding carboxylic acids is 1. The molecule has 1 aromatic heterocycles. The summed E-state index contributed by atoms with van der Waals surface area (Å²) >= 11 is 12.9. The second kappa shape index (κ2) is 11.4. The van der Waals surface area contributed by atoms with E-state index in [9.17, 15) is 4.79 Å². The Balaban J connectivity index is 1.66. The second-order valence-corrected chi connectivity index (χ2v) is 8.90. The molecule has 0 unspecified atom stereocenters. The van der Waals surface area contributed by atoms with Gasteiger partial charge in [0.25, 0.3) is 5.91 Å². The van der Waals surface area contributed by atoms with Gasteiger partial charge in [0.05, 0.1) is 10.0 Å². The Morgan fingerprint density at radius 2 is 1.54 bits per heavy atom. The van der Waals surface area contributed by atoms with Crippen molar-refractivity contribution < 1.29 is 9.32 Å². The molecule has 1 N–H and O–H groups in total. The molecular weight excluding hydrogens is 481 g/mol. The minimum atomic E-state index is -0.323. The predicted molar refractivity (Wildman–Crippen MR) is 144 cm³/mol. The maximum Gasteiger partial charge on any atom is 0.261 e. The van der Waals surface area contributed by atoms with E-state index in [1.807, 2.05) is 54.6 Å². The van der Waals surface area contributed by atoms with Crippen molar-refractivity contribution in [2.75, 3.05) is 23.3 Å². The monoisotopic (exact) mass is 507 g/mol. The zero-order valence-electron chi connectivity index (χ0n) is 19.7. The van der Waals surface area contributed by atoms with Crippen LogP contribution in [0.3, 0.4) is 0 Å². The number of benzene rings is 3. The van der Waals surface area contributed by atoms with Crippen molar-refractivity contribution >= 4 is 40.5 Å². The van der Waals surface area contributed by atoms with Gasteiger partial charge in [0.2, 0.25) is 0 Å². The standard InChI is InChI=1S/C28H27Cl2N3O2/c1-3-33(4-2)21-16-14-20(15-17-21)31-28(34)26-24(18-13-19-9-6-5-7-10-19)35-32-27(26)25-22(29)11-8-12-23(25)30/h5-12,14-17H,3-4,13,18H2,1-2H3,(H,31,34). The molecule has 0 aliphatic carbocycles. The average molecular weight is 508 g/mol. The molecule has 0 bridgehead atoms. The van der Waals surface area contributed by atoms with Gasteiger partial charge < -0.3 is 14.7 Å². The minimum absolute atomic E-state index is 0.323. The molecule has 5 nitrogen and oxygen atoms in total. The van der Waals surface area contributed by atoms with Crippen molar-refractivity contribution in [1.82, 2.24) is 5.16 Å². The molecule has 0 saturated heterocycles. The highest BCUT2D eigenvalue weighted by Gasteiger charge is 2.27. The minimum Gasteiger partial charge on any atom is -0.372 e. The summed E-state index contributed by atoms with van der Waals surface area (Å²) in [4.78, 5) is 15.8. The van der Waals surface area contributed by atoms with Gasteiger partial charge >= 0.3 is 0 Å². The smallest absolute Gasteiger partial charge is 0.261 e. The maximum atomic E-state index is 13.5. The van der Waals surface area contributed by atoms with Crippen molar-refractivity contribution in [3.05, 3.63) is 99.7 Å². The Morgan fingerprint density at radius 1 is 0.886 bits per heavy atom. The topological polar surface area (TPSA) is 58.4 Å². The van der Waals surface area contributed by atoms with E-state index in [1.165, 1.54) is 0 Å². The van der Waals surface area contributed by atoms with Crippen molar-refractivity contribution in [2.45, 2.75) is 26.7 Å². The Kier molecular flexibility index (Phi) is 8.11. The van der Waals surface area contributed by atoms with Gasteiger partial charge in [0.15, 0.2) is 5.76 Å². The lowest BCUT2D eigenvalue weighted by Gasteiger charge is -2.21. The summed E-state index contributed by atoms with van der Waals surface area (Å²) in [6.45, 7) is 6.05. The third-order valence-electron chi connectivity index (χ3n) is 5.93. The normalized spacial score (nSPS) is 10.9. The van der Waals surface area contributed by atoms with E-state index in [0.29, 0.717) is 51.2 Å². The van der Waals surface area contributed by atoms with Gasteiger partial charge in [0, 0.05) is 36.4 Å². The van der Waals surface area contributed by atoms with Crippen molar-refractivity contribution in [3.8, 4) is 11.3 Å². The highest BCUT2D eigenvalue weighted by atomic mass is 35.5. The zero-order valence-corrected chi connectivity index (χ0v) is 21.2. The molecule has 0 spiro atoms. The first-order chi connectivity index (χ1) is 17.0. The fourth-order valence-electron chi connectivity index (χ4n) is 4.06. The van der Waals surface area contributed by atoms with Gasteiger partial charge in [-0.3, -0.25) is 4.79 Å².